The average molecular weight is 401 g/mol. The third-order valence-electron chi connectivity index (χ3n) is 5.40. The summed E-state index contributed by atoms with van der Waals surface area (Å²) in [5, 5.41) is 45.0. The van der Waals surface area contributed by atoms with Crippen LogP contribution in [0.1, 0.15) is 81.1 Å². The van der Waals surface area contributed by atoms with Crippen LogP contribution in [0.2, 0.25) is 0 Å². The van der Waals surface area contributed by atoms with Gasteiger partial charge < -0.3 is 25.2 Å². The van der Waals surface area contributed by atoms with Crippen LogP contribution in [0.4, 0.5) is 0 Å². The number of carbonyl (C=O) groups excluding carboxylic acids is 1. The van der Waals surface area contributed by atoms with Gasteiger partial charge >= 0.3 is 5.97 Å². The van der Waals surface area contributed by atoms with Crippen molar-refractivity contribution in [2.75, 3.05) is 0 Å². The first-order valence-corrected chi connectivity index (χ1v) is 10.4. The number of carbonyl (C=O) groups is 1. The Morgan fingerprint density at radius 1 is 0.821 bits per heavy atom. The number of aliphatic hydroxyl groups is 4. The van der Waals surface area contributed by atoms with Crippen molar-refractivity contribution >= 4 is 5.97 Å². The molecule has 1 aliphatic heterocycles. The first-order valence-electron chi connectivity index (χ1n) is 10.4. The molecule has 1 aliphatic rings. The number of esters is 1. The molecule has 2 atom stereocenters. The summed E-state index contributed by atoms with van der Waals surface area (Å²) in [6.07, 6.45) is 0.705. The summed E-state index contributed by atoms with van der Waals surface area (Å²) in [5.74, 6) is -2.68. The normalized spacial score (nSPS) is 23.3. The predicted octanol–water partition coefficient (Wildman–Crippen LogP) is 4.26. The number of hydrogen-bond acceptors (Lipinski definition) is 6. The van der Waals surface area contributed by atoms with Crippen LogP contribution in [0.15, 0.2) is 11.5 Å². The Balaban J connectivity index is 3.80. The number of ether oxygens (including phenoxy) is 1. The van der Waals surface area contributed by atoms with Gasteiger partial charge in [-0.2, -0.15) is 0 Å². The molecule has 28 heavy (non-hydrogen) atoms. The Labute approximate surface area is 169 Å². The minimum absolute atomic E-state index is 0.0513. The molecule has 6 nitrogen and oxygen atoms in total. The fraction of sp³-hybridized carbons (Fsp3) is 0.864. The van der Waals surface area contributed by atoms with Crippen molar-refractivity contribution in [1.29, 1.82) is 0 Å². The lowest BCUT2D eigenvalue weighted by Crippen LogP contribution is -2.70. The van der Waals surface area contributed by atoms with Crippen LogP contribution in [0.5, 0.6) is 0 Å². The minimum atomic E-state index is -1.97. The van der Waals surface area contributed by atoms with E-state index in [1.54, 1.807) is 0 Å². The molecule has 0 spiro atoms. The molecule has 0 aliphatic carbocycles. The van der Waals surface area contributed by atoms with Crippen LogP contribution in [-0.4, -0.2) is 43.2 Å². The molecule has 0 aromatic carbocycles. The largest absolute Gasteiger partial charge is 0.505 e. The van der Waals surface area contributed by atoms with Crippen molar-refractivity contribution in [3.8, 4) is 0 Å². The number of rotatable bonds is 10. The molecule has 0 unspecified atom stereocenters. The summed E-state index contributed by atoms with van der Waals surface area (Å²) in [4.78, 5) is 12.2. The zero-order valence-corrected chi connectivity index (χ0v) is 18.7. The lowest BCUT2D eigenvalue weighted by Gasteiger charge is -2.54. The van der Waals surface area contributed by atoms with Gasteiger partial charge in [-0.15, -0.1) is 0 Å². The van der Waals surface area contributed by atoms with Crippen molar-refractivity contribution in [2.45, 2.75) is 97.9 Å². The third kappa shape index (κ3) is 4.48. The van der Waals surface area contributed by atoms with Crippen molar-refractivity contribution in [3.63, 3.8) is 0 Å². The van der Waals surface area contributed by atoms with E-state index in [-0.39, 0.29) is 49.4 Å². The Bertz CT molecular complexity index is 582. The van der Waals surface area contributed by atoms with Gasteiger partial charge in [-0.3, -0.25) is 0 Å². The monoisotopic (exact) mass is 400 g/mol. The number of aliphatic hydroxyl groups excluding tert-OH is 2. The van der Waals surface area contributed by atoms with E-state index in [0.717, 1.165) is 0 Å². The molecule has 0 bridgehead atoms. The third-order valence-corrected chi connectivity index (χ3v) is 5.40. The Morgan fingerprint density at radius 2 is 1.25 bits per heavy atom. The lowest BCUT2D eigenvalue weighted by atomic mass is 9.60. The minimum Gasteiger partial charge on any atom is -0.505 e. The summed E-state index contributed by atoms with van der Waals surface area (Å²) < 4.78 is 5.54. The highest BCUT2D eigenvalue weighted by Crippen LogP contribution is 2.53. The summed E-state index contributed by atoms with van der Waals surface area (Å²) in [5.41, 5.74) is -5.50. The van der Waals surface area contributed by atoms with Crippen LogP contribution in [-0.2, 0) is 9.53 Å². The van der Waals surface area contributed by atoms with E-state index >= 15 is 0 Å². The van der Waals surface area contributed by atoms with E-state index < -0.39 is 34.3 Å². The zero-order valence-electron chi connectivity index (χ0n) is 18.7. The first kappa shape index (κ1) is 24.8. The molecule has 1 rings (SSSR count). The summed E-state index contributed by atoms with van der Waals surface area (Å²) in [6, 6.07) is 0. The average Bonchev–Trinajstić information content (AvgIpc) is 2.69. The van der Waals surface area contributed by atoms with E-state index in [0.29, 0.717) is 0 Å². The smallest absolute Gasteiger partial charge is 0.378 e. The Kier molecular flexibility index (Phi) is 7.62. The Morgan fingerprint density at radius 3 is 1.54 bits per heavy atom. The van der Waals surface area contributed by atoms with Crippen LogP contribution in [0.25, 0.3) is 0 Å². The SMILES string of the molecule is CC(C)CC(O)(CC(C)C)[C@@](O)(CC(C)C)[C@@]1(CC(C)C)OC(=O)C(O)=C1O. The van der Waals surface area contributed by atoms with Crippen LogP contribution in [0, 0.1) is 23.7 Å². The van der Waals surface area contributed by atoms with Gasteiger partial charge in [-0.25, -0.2) is 4.79 Å². The van der Waals surface area contributed by atoms with Crippen LogP contribution < -0.4 is 0 Å². The molecule has 0 saturated carbocycles. The molecule has 1 heterocycles. The van der Waals surface area contributed by atoms with Gasteiger partial charge in [0.15, 0.2) is 5.76 Å². The first-order chi connectivity index (χ1) is 12.6. The number of hydrogen-bond donors (Lipinski definition) is 4. The Hall–Kier alpha value is -1.27. The molecule has 4 N–H and O–H groups in total. The highest BCUT2D eigenvalue weighted by atomic mass is 16.6. The summed E-state index contributed by atoms with van der Waals surface area (Å²) >= 11 is 0. The topological polar surface area (TPSA) is 107 Å². The van der Waals surface area contributed by atoms with Crippen LogP contribution >= 0.6 is 0 Å². The second-order valence-corrected chi connectivity index (χ2v) is 10.2. The molecule has 164 valence electrons. The van der Waals surface area contributed by atoms with Gasteiger partial charge in [0.2, 0.25) is 11.4 Å². The van der Waals surface area contributed by atoms with Crippen LogP contribution in [0.3, 0.4) is 0 Å². The highest BCUT2D eigenvalue weighted by Gasteiger charge is 2.69. The fourth-order valence-corrected chi connectivity index (χ4v) is 4.80. The van der Waals surface area contributed by atoms with Gasteiger partial charge in [0.25, 0.3) is 0 Å². The molecule has 0 amide bonds. The second kappa shape index (κ2) is 8.62. The maximum absolute atomic E-state index is 12.2. The summed E-state index contributed by atoms with van der Waals surface area (Å²) in [7, 11) is 0. The fourth-order valence-electron chi connectivity index (χ4n) is 4.80. The van der Waals surface area contributed by atoms with Crippen molar-refractivity contribution < 1.29 is 30.0 Å². The second-order valence-electron chi connectivity index (χ2n) is 10.2. The van der Waals surface area contributed by atoms with E-state index in [1.807, 2.05) is 55.4 Å². The number of cyclic esters (lactones) is 1. The van der Waals surface area contributed by atoms with E-state index in [9.17, 15) is 25.2 Å². The predicted molar refractivity (Wildman–Crippen MR) is 109 cm³/mol. The van der Waals surface area contributed by atoms with Crippen molar-refractivity contribution in [3.05, 3.63) is 11.5 Å². The van der Waals surface area contributed by atoms with Gasteiger partial charge in [0, 0.05) is 6.42 Å². The molecule has 6 heteroatoms. The highest BCUT2D eigenvalue weighted by molar-refractivity contribution is 5.90. The van der Waals surface area contributed by atoms with Crippen molar-refractivity contribution in [2.24, 2.45) is 23.7 Å². The quantitative estimate of drug-likeness (QED) is 0.408. The standard InChI is InChI=1S/C22H40O6/c1-13(2)9-20(26,10-14(3)4)22(27,12-16(7)8)21(11-15(5)6)18(24)17(23)19(25)28-21/h13-16,23-24,26-27H,9-12H2,1-8H3/t21-,22-/m0/s1. The zero-order chi connectivity index (χ0) is 22.1. The molecule has 0 saturated heterocycles. The van der Waals surface area contributed by atoms with Crippen molar-refractivity contribution in [1.82, 2.24) is 0 Å². The maximum Gasteiger partial charge on any atom is 0.378 e. The summed E-state index contributed by atoms with van der Waals surface area (Å²) in [6.45, 7) is 15.3. The maximum atomic E-state index is 12.2. The van der Waals surface area contributed by atoms with Gasteiger partial charge in [-0.05, 0) is 42.9 Å². The van der Waals surface area contributed by atoms with Gasteiger partial charge in [-0.1, -0.05) is 55.4 Å². The molecular weight excluding hydrogens is 360 g/mol. The van der Waals surface area contributed by atoms with E-state index in [4.69, 9.17) is 4.74 Å². The molecule has 0 fully saturated rings. The van der Waals surface area contributed by atoms with E-state index in [1.165, 1.54) is 0 Å². The van der Waals surface area contributed by atoms with Gasteiger partial charge in [0.05, 0.1) is 5.60 Å². The molecule has 0 aromatic rings. The van der Waals surface area contributed by atoms with Gasteiger partial charge in [0.1, 0.15) is 5.60 Å². The molecular formula is C22H40O6. The molecule has 0 radical (unpaired) electrons. The van der Waals surface area contributed by atoms with E-state index in [2.05, 4.69) is 0 Å². The molecule has 0 aromatic heterocycles. The lowest BCUT2D eigenvalue weighted by molar-refractivity contribution is -0.264.